The summed E-state index contributed by atoms with van der Waals surface area (Å²) in [7, 11) is 0. The van der Waals surface area contributed by atoms with Crippen molar-refractivity contribution in [2.24, 2.45) is 5.73 Å². The highest BCUT2D eigenvalue weighted by molar-refractivity contribution is 5.69. The second kappa shape index (κ2) is 5.67. The molecule has 1 atom stereocenters. The maximum atomic E-state index is 13.2. The minimum atomic E-state index is -4.40. The summed E-state index contributed by atoms with van der Waals surface area (Å²) < 4.78 is 39.6. The largest absolute Gasteiger partial charge is 0.416 e. The van der Waals surface area contributed by atoms with Crippen molar-refractivity contribution < 1.29 is 13.2 Å². The standard InChI is InChI=1S/C16H16F3N/c1-2-14(20)15-12(11-7-4-3-5-8-11)9-6-10-13(15)16(17,18)19/h3-10,14H,2,20H2,1H3. The first kappa shape index (κ1) is 14.6. The summed E-state index contributed by atoms with van der Waals surface area (Å²) in [6.45, 7) is 1.78. The average Bonchev–Trinajstić information content (AvgIpc) is 2.45. The van der Waals surface area contributed by atoms with Crippen molar-refractivity contribution in [3.63, 3.8) is 0 Å². The van der Waals surface area contributed by atoms with Gasteiger partial charge in [0.15, 0.2) is 0 Å². The van der Waals surface area contributed by atoms with Gasteiger partial charge in [0.25, 0.3) is 0 Å². The molecule has 0 heterocycles. The lowest BCUT2D eigenvalue weighted by Crippen LogP contribution is -2.18. The van der Waals surface area contributed by atoms with Crippen LogP contribution in [0.15, 0.2) is 48.5 Å². The van der Waals surface area contributed by atoms with Crippen LogP contribution in [0.5, 0.6) is 0 Å². The highest BCUT2D eigenvalue weighted by atomic mass is 19.4. The fourth-order valence-electron chi connectivity index (χ4n) is 2.29. The van der Waals surface area contributed by atoms with Crippen LogP contribution in [0.1, 0.15) is 30.5 Å². The van der Waals surface area contributed by atoms with E-state index >= 15 is 0 Å². The van der Waals surface area contributed by atoms with Crippen LogP contribution in [0.2, 0.25) is 0 Å². The van der Waals surface area contributed by atoms with Gasteiger partial charge in [-0.1, -0.05) is 49.4 Å². The molecule has 4 heteroatoms. The van der Waals surface area contributed by atoms with Crippen LogP contribution >= 0.6 is 0 Å². The number of halogens is 3. The number of hydrogen-bond acceptors (Lipinski definition) is 1. The van der Waals surface area contributed by atoms with E-state index in [0.717, 1.165) is 11.6 Å². The van der Waals surface area contributed by atoms with Crippen LogP contribution in [-0.2, 0) is 6.18 Å². The fraction of sp³-hybridized carbons (Fsp3) is 0.250. The molecule has 0 saturated carbocycles. The van der Waals surface area contributed by atoms with Gasteiger partial charge in [0.2, 0.25) is 0 Å². The first-order chi connectivity index (χ1) is 9.45. The summed E-state index contributed by atoms with van der Waals surface area (Å²) >= 11 is 0. The molecular weight excluding hydrogens is 263 g/mol. The Balaban J connectivity index is 2.69. The molecule has 1 nitrogen and oxygen atoms in total. The van der Waals surface area contributed by atoms with Gasteiger partial charge in [-0.15, -0.1) is 0 Å². The zero-order chi connectivity index (χ0) is 14.8. The predicted molar refractivity (Wildman–Crippen MR) is 74.1 cm³/mol. The van der Waals surface area contributed by atoms with E-state index in [1.165, 1.54) is 6.07 Å². The van der Waals surface area contributed by atoms with Crippen molar-refractivity contribution in [2.45, 2.75) is 25.6 Å². The van der Waals surface area contributed by atoms with Crippen LogP contribution in [0.4, 0.5) is 13.2 Å². The molecule has 0 fully saturated rings. The normalized spacial score (nSPS) is 13.2. The van der Waals surface area contributed by atoms with Gasteiger partial charge in [0.05, 0.1) is 5.56 Å². The Hall–Kier alpha value is -1.81. The maximum absolute atomic E-state index is 13.2. The summed E-state index contributed by atoms with van der Waals surface area (Å²) in [5.41, 5.74) is 6.76. The van der Waals surface area contributed by atoms with Gasteiger partial charge >= 0.3 is 6.18 Å². The summed E-state index contributed by atoms with van der Waals surface area (Å²) in [6.07, 6.45) is -3.94. The molecule has 0 amide bonds. The summed E-state index contributed by atoms with van der Waals surface area (Å²) in [6, 6.07) is 12.6. The molecule has 0 bridgehead atoms. The van der Waals surface area contributed by atoms with E-state index < -0.39 is 17.8 Å². The molecule has 2 aromatic carbocycles. The summed E-state index contributed by atoms with van der Waals surface area (Å²) in [5.74, 6) is 0. The number of rotatable bonds is 3. The van der Waals surface area contributed by atoms with Crippen LogP contribution in [0, 0.1) is 0 Å². The van der Waals surface area contributed by atoms with Gasteiger partial charge in [0, 0.05) is 6.04 Å². The summed E-state index contributed by atoms with van der Waals surface area (Å²) in [4.78, 5) is 0. The molecule has 106 valence electrons. The molecule has 2 rings (SSSR count). The van der Waals surface area contributed by atoms with Gasteiger partial charge in [-0.2, -0.15) is 13.2 Å². The molecule has 0 spiro atoms. The van der Waals surface area contributed by atoms with Crippen molar-refractivity contribution >= 4 is 0 Å². The van der Waals surface area contributed by atoms with E-state index in [4.69, 9.17) is 5.73 Å². The number of hydrogen-bond donors (Lipinski definition) is 1. The molecular formula is C16H16F3N. The molecule has 20 heavy (non-hydrogen) atoms. The number of alkyl halides is 3. The van der Waals surface area contributed by atoms with Gasteiger partial charge in [-0.05, 0) is 29.2 Å². The monoisotopic (exact) mass is 279 g/mol. The lowest BCUT2D eigenvalue weighted by molar-refractivity contribution is -0.138. The van der Waals surface area contributed by atoms with Crippen molar-refractivity contribution in [2.75, 3.05) is 0 Å². The minimum absolute atomic E-state index is 0.175. The van der Waals surface area contributed by atoms with Crippen molar-refractivity contribution in [1.82, 2.24) is 0 Å². The molecule has 2 aromatic rings. The Bertz CT molecular complexity index is 576. The van der Waals surface area contributed by atoms with Gasteiger partial charge < -0.3 is 5.73 Å². The Morgan fingerprint density at radius 2 is 1.65 bits per heavy atom. The zero-order valence-corrected chi connectivity index (χ0v) is 11.1. The second-order valence-corrected chi connectivity index (χ2v) is 4.65. The van der Waals surface area contributed by atoms with E-state index in [-0.39, 0.29) is 5.56 Å². The second-order valence-electron chi connectivity index (χ2n) is 4.65. The Morgan fingerprint density at radius 3 is 2.20 bits per heavy atom. The first-order valence-corrected chi connectivity index (χ1v) is 6.46. The van der Waals surface area contributed by atoms with Crippen molar-refractivity contribution in [3.8, 4) is 11.1 Å². The molecule has 0 aliphatic rings. The lowest BCUT2D eigenvalue weighted by Gasteiger charge is -2.21. The maximum Gasteiger partial charge on any atom is 0.416 e. The van der Waals surface area contributed by atoms with E-state index in [9.17, 15) is 13.2 Å². The average molecular weight is 279 g/mol. The highest BCUT2D eigenvalue weighted by Gasteiger charge is 2.35. The lowest BCUT2D eigenvalue weighted by atomic mass is 9.89. The van der Waals surface area contributed by atoms with Gasteiger partial charge in [-0.25, -0.2) is 0 Å². The van der Waals surface area contributed by atoms with Crippen molar-refractivity contribution in [3.05, 3.63) is 59.7 Å². The number of nitrogens with two attached hydrogens (primary N) is 1. The predicted octanol–water partition coefficient (Wildman–Crippen LogP) is 4.78. The third kappa shape index (κ3) is 2.85. The zero-order valence-electron chi connectivity index (χ0n) is 11.1. The van der Waals surface area contributed by atoms with E-state index in [0.29, 0.717) is 12.0 Å². The van der Waals surface area contributed by atoms with Crippen LogP contribution in [-0.4, -0.2) is 0 Å². The number of benzene rings is 2. The molecule has 1 unspecified atom stereocenters. The Kier molecular flexibility index (Phi) is 4.14. The van der Waals surface area contributed by atoms with E-state index in [1.54, 1.807) is 37.3 Å². The fourth-order valence-corrected chi connectivity index (χ4v) is 2.29. The first-order valence-electron chi connectivity index (χ1n) is 6.46. The molecule has 0 saturated heterocycles. The molecule has 0 radical (unpaired) electrons. The van der Waals surface area contributed by atoms with E-state index in [2.05, 4.69) is 0 Å². The molecule has 0 aliphatic heterocycles. The quantitative estimate of drug-likeness (QED) is 0.859. The molecule has 2 N–H and O–H groups in total. The van der Waals surface area contributed by atoms with Crippen LogP contribution < -0.4 is 5.73 Å². The Labute approximate surface area is 116 Å². The Morgan fingerprint density at radius 1 is 1.00 bits per heavy atom. The molecule has 0 aromatic heterocycles. The van der Waals surface area contributed by atoms with Crippen LogP contribution in [0.3, 0.4) is 0 Å². The highest BCUT2D eigenvalue weighted by Crippen LogP contribution is 2.39. The summed E-state index contributed by atoms with van der Waals surface area (Å²) in [5, 5.41) is 0. The van der Waals surface area contributed by atoms with Gasteiger partial charge in [0.1, 0.15) is 0 Å². The minimum Gasteiger partial charge on any atom is -0.324 e. The van der Waals surface area contributed by atoms with Crippen LogP contribution in [0.25, 0.3) is 11.1 Å². The van der Waals surface area contributed by atoms with Gasteiger partial charge in [-0.3, -0.25) is 0 Å². The SMILES string of the molecule is CCC(N)c1c(-c2ccccc2)cccc1C(F)(F)F. The third-order valence-electron chi connectivity index (χ3n) is 3.31. The topological polar surface area (TPSA) is 26.0 Å². The smallest absolute Gasteiger partial charge is 0.324 e. The third-order valence-corrected chi connectivity index (χ3v) is 3.31. The van der Waals surface area contributed by atoms with Crippen molar-refractivity contribution in [1.29, 1.82) is 0 Å². The molecule has 0 aliphatic carbocycles. The van der Waals surface area contributed by atoms with E-state index in [1.807, 2.05) is 6.07 Å².